The summed E-state index contributed by atoms with van der Waals surface area (Å²) in [6.45, 7) is 3.22. The Labute approximate surface area is 163 Å². The lowest BCUT2D eigenvalue weighted by molar-refractivity contribution is -0.118. The highest BCUT2D eigenvalue weighted by molar-refractivity contribution is 6.02. The van der Waals surface area contributed by atoms with Gasteiger partial charge in [-0.3, -0.25) is 9.59 Å². The maximum Gasteiger partial charge on any atom is 0.338 e. The van der Waals surface area contributed by atoms with Gasteiger partial charge in [-0.2, -0.15) is 0 Å². The Bertz CT molecular complexity index is 1040. The molecule has 0 aliphatic heterocycles. The maximum absolute atomic E-state index is 12.4. The van der Waals surface area contributed by atoms with E-state index < -0.39 is 5.97 Å². The Morgan fingerprint density at radius 2 is 1.61 bits per heavy atom. The molecule has 0 fully saturated rings. The van der Waals surface area contributed by atoms with Gasteiger partial charge in [-0.1, -0.05) is 56.3 Å². The molecule has 3 rings (SSSR count). The van der Waals surface area contributed by atoms with Crippen LogP contribution >= 0.6 is 0 Å². The molecule has 0 aliphatic rings. The van der Waals surface area contributed by atoms with Gasteiger partial charge in [0.1, 0.15) is 0 Å². The van der Waals surface area contributed by atoms with E-state index in [0.29, 0.717) is 11.3 Å². The van der Waals surface area contributed by atoms with Crippen molar-refractivity contribution < 1.29 is 19.1 Å². The largest absolute Gasteiger partial charge is 0.454 e. The summed E-state index contributed by atoms with van der Waals surface area (Å²) >= 11 is 0. The van der Waals surface area contributed by atoms with Crippen LogP contribution in [0, 0.1) is 5.92 Å². The fourth-order valence-corrected chi connectivity index (χ4v) is 2.67. The predicted molar refractivity (Wildman–Crippen MR) is 108 cm³/mol. The summed E-state index contributed by atoms with van der Waals surface area (Å²) in [4.78, 5) is 36.4. The first-order valence-corrected chi connectivity index (χ1v) is 9.04. The predicted octanol–water partition coefficient (Wildman–Crippen LogP) is 4.47. The lowest BCUT2D eigenvalue weighted by atomic mass is 10.0. The van der Waals surface area contributed by atoms with Crippen LogP contribution < -0.4 is 5.32 Å². The van der Waals surface area contributed by atoms with Crippen LogP contribution in [0.15, 0.2) is 66.7 Å². The van der Waals surface area contributed by atoms with Crippen LogP contribution in [0.1, 0.15) is 34.6 Å². The molecule has 142 valence electrons. The second-order valence-electron chi connectivity index (χ2n) is 6.79. The monoisotopic (exact) mass is 375 g/mol. The number of hydrogen-bond acceptors (Lipinski definition) is 4. The van der Waals surface area contributed by atoms with E-state index in [-0.39, 0.29) is 29.8 Å². The number of Topliss-reactive ketones (excluding diaryl/α,β-unsaturated/α-hetero) is 1. The highest BCUT2D eigenvalue weighted by atomic mass is 16.5. The lowest BCUT2D eigenvalue weighted by Gasteiger charge is -2.09. The summed E-state index contributed by atoms with van der Waals surface area (Å²) in [5.41, 5.74) is 1.27. The normalized spacial score (nSPS) is 10.7. The third-order valence-electron chi connectivity index (χ3n) is 4.30. The van der Waals surface area contributed by atoms with E-state index in [1.54, 1.807) is 44.2 Å². The van der Waals surface area contributed by atoms with Gasteiger partial charge in [0.05, 0.1) is 5.56 Å². The van der Waals surface area contributed by atoms with Crippen molar-refractivity contribution in [1.29, 1.82) is 0 Å². The number of amides is 1. The van der Waals surface area contributed by atoms with Crippen LogP contribution in [0.5, 0.6) is 0 Å². The van der Waals surface area contributed by atoms with Crippen molar-refractivity contribution in [2.24, 2.45) is 5.92 Å². The molecule has 0 saturated carbocycles. The molecule has 5 heteroatoms. The number of carbonyl (C=O) groups is 3. The van der Waals surface area contributed by atoms with Crippen molar-refractivity contribution in [3.8, 4) is 0 Å². The van der Waals surface area contributed by atoms with E-state index in [1.807, 2.05) is 30.3 Å². The van der Waals surface area contributed by atoms with Crippen LogP contribution in [-0.2, 0) is 9.53 Å². The molecule has 0 radical (unpaired) electrons. The molecule has 0 bridgehead atoms. The van der Waals surface area contributed by atoms with Gasteiger partial charge < -0.3 is 10.1 Å². The Hall–Kier alpha value is -3.47. The van der Waals surface area contributed by atoms with Gasteiger partial charge in [0.25, 0.3) is 0 Å². The van der Waals surface area contributed by atoms with Crippen LogP contribution in [0.3, 0.4) is 0 Å². The van der Waals surface area contributed by atoms with Crippen molar-refractivity contribution in [3.63, 3.8) is 0 Å². The standard InChI is InChI=1S/C23H21NO4/c1-15(2)22(26)24-20-9-5-8-19(13-20)23(27)28-14-21(25)18-11-10-16-6-3-4-7-17(16)12-18/h3-13,15H,14H2,1-2H3,(H,24,26). The van der Waals surface area contributed by atoms with Crippen LogP contribution in [0.25, 0.3) is 10.8 Å². The summed E-state index contributed by atoms with van der Waals surface area (Å²) in [7, 11) is 0. The number of benzene rings is 3. The zero-order chi connectivity index (χ0) is 20.1. The van der Waals surface area contributed by atoms with Gasteiger partial charge in [0, 0.05) is 17.2 Å². The molecule has 1 amide bonds. The first-order chi connectivity index (χ1) is 13.4. The highest BCUT2D eigenvalue weighted by Crippen LogP contribution is 2.17. The molecule has 0 aromatic heterocycles. The topological polar surface area (TPSA) is 72.5 Å². The molecule has 0 aliphatic carbocycles. The number of ether oxygens (including phenoxy) is 1. The Kier molecular flexibility index (Phi) is 5.84. The smallest absolute Gasteiger partial charge is 0.338 e. The van der Waals surface area contributed by atoms with Crippen molar-refractivity contribution in [1.82, 2.24) is 0 Å². The van der Waals surface area contributed by atoms with E-state index in [4.69, 9.17) is 4.74 Å². The molecule has 0 saturated heterocycles. The molecule has 1 N–H and O–H groups in total. The van der Waals surface area contributed by atoms with Crippen LogP contribution in [0.4, 0.5) is 5.69 Å². The van der Waals surface area contributed by atoms with Crippen molar-refractivity contribution >= 4 is 34.1 Å². The van der Waals surface area contributed by atoms with E-state index in [2.05, 4.69) is 5.32 Å². The first-order valence-electron chi connectivity index (χ1n) is 9.04. The number of carbonyl (C=O) groups excluding carboxylic acids is 3. The van der Waals surface area contributed by atoms with Crippen molar-refractivity contribution in [2.45, 2.75) is 13.8 Å². The molecular formula is C23H21NO4. The number of fused-ring (bicyclic) bond motifs is 1. The molecule has 3 aromatic carbocycles. The lowest BCUT2D eigenvalue weighted by Crippen LogP contribution is -2.18. The second-order valence-corrected chi connectivity index (χ2v) is 6.79. The van der Waals surface area contributed by atoms with Gasteiger partial charge >= 0.3 is 5.97 Å². The Balaban J connectivity index is 1.64. The third-order valence-corrected chi connectivity index (χ3v) is 4.30. The Morgan fingerprint density at radius 3 is 2.36 bits per heavy atom. The summed E-state index contributed by atoms with van der Waals surface area (Å²) in [6, 6.07) is 19.6. The minimum absolute atomic E-state index is 0.142. The zero-order valence-electron chi connectivity index (χ0n) is 15.8. The molecule has 0 heterocycles. The second kappa shape index (κ2) is 8.48. The van der Waals surface area contributed by atoms with E-state index in [9.17, 15) is 14.4 Å². The summed E-state index contributed by atoms with van der Waals surface area (Å²) < 4.78 is 5.16. The summed E-state index contributed by atoms with van der Waals surface area (Å²) in [5, 5.41) is 4.72. The number of ketones is 1. The fraction of sp³-hybridized carbons (Fsp3) is 0.174. The molecular weight excluding hydrogens is 354 g/mol. The minimum Gasteiger partial charge on any atom is -0.454 e. The van der Waals surface area contributed by atoms with E-state index in [1.165, 1.54) is 6.07 Å². The maximum atomic E-state index is 12.4. The van der Waals surface area contributed by atoms with Gasteiger partial charge in [-0.05, 0) is 35.0 Å². The van der Waals surface area contributed by atoms with Crippen LogP contribution in [0.2, 0.25) is 0 Å². The number of rotatable bonds is 6. The van der Waals surface area contributed by atoms with Gasteiger partial charge in [-0.15, -0.1) is 0 Å². The van der Waals surface area contributed by atoms with Gasteiger partial charge in [-0.25, -0.2) is 4.79 Å². The van der Waals surface area contributed by atoms with Crippen molar-refractivity contribution in [2.75, 3.05) is 11.9 Å². The average molecular weight is 375 g/mol. The SMILES string of the molecule is CC(C)C(=O)Nc1cccc(C(=O)OCC(=O)c2ccc3ccccc3c2)c1. The van der Waals surface area contributed by atoms with E-state index in [0.717, 1.165) is 10.8 Å². The fourth-order valence-electron chi connectivity index (χ4n) is 2.67. The number of nitrogens with one attached hydrogen (secondary N) is 1. The molecule has 3 aromatic rings. The van der Waals surface area contributed by atoms with Gasteiger partial charge in [0.15, 0.2) is 12.4 Å². The zero-order valence-corrected chi connectivity index (χ0v) is 15.8. The Morgan fingerprint density at radius 1 is 0.857 bits per heavy atom. The number of esters is 1. The third kappa shape index (κ3) is 4.62. The highest BCUT2D eigenvalue weighted by Gasteiger charge is 2.14. The minimum atomic E-state index is -0.616. The molecule has 0 spiro atoms. The van der Waals surface area contributed by atoms with Crippen LogP contribution in [-0.4, -0.2) is 24.3 Å². The molecule has 0 unspecified atom stereocenters. The summed E-state index contributed by atoms with van der Waals surface area (Å²) in [6.07, 6.45) is 0. The quantitative estimate of drug-likeness (QED) is 0.509. The molecule has 5 nitrogen and oxygen atoms in total. The van der Waals surface area contributed by atoms with Crippen molar-refractivity contribution in [3.05, 3.63) is 77.9 Å². The first kappa shape index (κ1) is 19.3. The number of hydrogen-bond donors (Lipinski definition) is 1. The number of anilines is 1. The molecule has 28 heavy (non-hydrogen) atoms. The average Bonchev–Trinajstić information content (AvgIpc) is 2.71. The van der Waals surface area contributed by atoms with Gasteiger partial charge in [0.2, 0.25) is 5.91 Å². The molecule has 0 atom stereocenters. The van der Waals surface area contributed by atoms with E-state index >= 15 is 0 Å². The summed E-state index contributed by atoms with van der Waals surface area (Å²) in [5.74, 6) is -1.20.